The van der Waals surface area contributed by atoms with Crippen LogP contribution in [0.5, 0.6) is 0 Å². The van der Waals surface area contributed by atoms with E-state index in [1.54, 1.807) is 12.1 Å². The molecule has 0 bridgehead atoms. The van der Waals surface area contributed by atoms with Crippen LogP contribution in [0.4, 0.5) is 0 Å². The molecule has 160 valence electrons. The molecule has 1 aliphatic rings. The predicted molar refractivity (Wildman–Crippen MR) is 120 cm³/mol. The number of aliphatic hydroxyl groups is 1. The van der Waals surface area contributed by atoms with Gasteiger partial charge in [0.25, 0.3) is 0 Å². The van der Waals surface area contributed by atoms with Crippen LogP contribution in [-0.4, -0.2) is 24.2 Å². The van der Waals surface area contributed by atoms with Gasteiger partial charge in [0, 0.05) is 29.6 Å². The third-order valence-corrected chi connectivity index (χ3v) is 5.88. The van der Waals surface area contributed by atoms with E-state index in [9.17, 15) is 9.90 Å². The van der Waals surface area contributed by atoms with Crippen molar-refractivity contribution in [3.63, 3.8) is 0 Å². The predicted octanol–water partition coefficient (Wildman–Crippen LogP) is 5.31. The Bertz CT molecular complexity index is 879. The van der Waals surface area contributed by atoms with Crippen LogP contribution in [0.1, 0.15) is 56.6 Å². The van der Waals surface area contributed by atoms with Crippen LogP contribution >= 0.6 is 11.6 Å². The number of halogens is 1. The van der Waals surface area contributed by atoms with Gasteiger partial charge in [-0.25, -0.2) is 4.79 Å². The average Bonchev–Trinajstić information content (AvgIpc) is 2.74. The zero-order chi connectivity index (χ0) is 21.6. The van der Waals surface area contributed by atoms with Crippen LogP contribution in [-0.2, 0) is 15.1 Å². The molecule has 2 aromatic rings. The lowest BCUT2D eigenvalue weighted by molar-refractivity contribution is -0.139. The first-order valence-electron chi connectivity index (χ1n) is 10.7. The molecule has 0 spiro atoms. The molecular formula is C25H30ClNO3. The number of unbranched alkanes of at least 4 members (excludes halogenated alkanes) is 1. The fraction of sp³-hybridized carbons (Fsp3) is 0.400. The van der Waals surface area contributed by atoms with E-state index in [0.717, 1.165) is 36.2 Å². The summed E-state index contributed by atoms with van der Waals surface area (Å²) in [5.41, 5.74) is 2.06. The summed E-state index contributed by atoms with van der Waals surface area (Å²) in [4.78, 5) is 13.0. The van der Waals surface area contributed by atoms with Crippen molar-refractivity contribution in [2.24, 2.45) is 0 Å². The van der Waals surface area contributed by atoms with Gasteiger partial charge in [-0.2, -0.15) is 0 Å². The lowest BCUT2D eigenvalue weighted by Crippen LogP contribution is -2.39. The van der Waals surface area contributed by atoms with Gasteiger partial charge in [-0.05, 0) is 43.0 Å². The van der Waals surface area contributed by atoms with Crippen LogP contribution in [0.3, 0.4) is 0 Å². The molecule has 0 heterocycles. The SMILES string of the molecule is CCCCNC1=C(C(=O)OCC)[C@@H](c2ccccc2)C[C@@](O)(c2ccc(Cl)cc2)C1. The van der Waals surface area contributed by atoms with Crippen molar-refractivity contribution < 1.29 is 14.6 Å². The molecule has 4 nitrogen and oxygen atoms in total. The molecule has 30 heavy (non-hydrogen) atoms. The summed E-state index contributed by atoms with van der Waals surface area (Å²) in [7, 11) is 0. The van der Waals surface area contributed by atoms with Gasteiger partial charge in [-0.15, -0.1) is 0 Å². The number of ether oxygens (including phenoxy) is 1. The number of esters is 1. The van der Waals surface area contributed by atoms with Crippen LogP contribution in [0.2, 0.25) is 5.02 Å². The zero-order valence-corrected chi connectivity index (χ0v) is 18.4. The van der Waals surface area contributed by atoms with Crippen molar-refractivity contribution in [1.82, 2.24) is 5.32 Å². The highest BCUT2D eigenvalue weighted by Crippen LogP contribution is 2.47. The molecule has 1 aliphatic carbocycles. The number of benzene rings is 2. The first-order valence-corrected chi connectivity index (χ1v) is 11.0. The molecule has 2 N–H and O–H groups in total. The zero-order valence-electron chi connectivity index (χ0n) is 17.7. The Kier molecular flexibility index (Phi) is 7.57. The third-order valence-electron chi connectivity index (χ3n) is 5.63. The van der Waals surface area contributed by atoms with E-state index >= 15 is 0 Å². The molecule has 0 fully saturated rings. The second kappa shape index (κ2) is 10.1. The first kappa shape index (κ1) is 22.4. The van der Waals surface area contributed by atoms with Gasteiger partial charge >= 0.3 is 5.97 Å². The topological polar surface area (TPSA) is 58.6 Å². The van der Waals surface area contributed by atoms with Gasteiger partial charge < -0.3 is 15.2 Å². The Labute approximate surface area is 183 Å². The number of carbonyl (C=O) groups excluding carboxylic acids is 1. The maximum absolute atomic E-state index is 13.0. The summed E-state index contributed by atoms with van der Waals surface area (Å²) < 4.78 is 5.42. The fourth-order valence-electron chi connectivity index (χ4n) is 4.11. The van der Waals surface area contributed by atoms with Crippen LogP contribution < -0.4 is 5.32 Å². The molecule has 0 aliphatic heterocycles. The van der Waals surface area contributed by atoms with E-state index in [2.05, 4.69) is 12.2 Å². The second-order valence-electron chi connectivity index (χ2n) is 7.78. The van der Waals surface area contributed by atoms with E-state index in [0.29, 0.717) is 30.0 Å². The first-order chi connectivity index (χ1) is 14.5. The average molecular weight is 428 g/mol. The minimum atomic E-state index is -1.12. The Balaban J connectivity index is 2.10. The highest BCUT2D eigenvalue weighted by Gasteiger charge is 2.43. The van der Waals surface area contributed by atoms with Gasteiger partial charge in [-0.3, -0.25) is 0 Å². The summed E-state index contributed by atoms with van der Waals surface area (Å²) in [6.45, 7) is 4.99. The number of hydrogen-bond donors (Lipinski definition) is 2. The van der Waals surface area contributed by atoms with Crippen LogP contribution in [0.25, 0.3) is 0 Å². The molecule has 0 unspecified atom stereocenters. The molecule has 0 saturated carbocycles. The quantitative estimate of drug-likeness (QED) is 0.442. The summed E-state index contributed by atoms with van der Waals surface area (Å²) in [5, 5.41) is 15.8. The van der Waals surface area contributed by atoms with Crippen molar-refractivity contribution in [3.8, 4) is 0 Å². The van der Waals surface area contributed by atoms with E-state index in [1.165, 1.54) is 0 Å². The molecule has 0 aromatic heterocycles. The molecular weight excluding hydrogens is 398 g/mol. The normalized spacial score (nSPS) is 21.4. The lowest BCUT2D eigenvalue weighted by Gasteiger charge is -2.40. The summed E-state index contributed by atoms with van der Waals surface area (Å²) >= 11 is 6.07. The Hall–Kier alpha value is -2.30. The van der Waals surface area contributed by atoms with Gasteiger partial charge in [0.15, 0.2) is 0 Å². The summed E-state index contributed by atoms with van der Waals surface area (Å²) in [6, 6.07) is 17.2. The number of carbonyl (C=O) groups is 1. The van der Waals surface area contributed by atoms with Gasteiger partial charge in [-0.1, -0.05) is 67.4 Å². The molecule has 2 atom stereocenters. The summed E-state index contributed by atoms with van der Waals surface area (Å²) in [6.07, 6.45) is 2.75. The van der Waals surface area contributed by atoms with Crippen molar-refractivity contribution in [2.45, 2.75) is 51.0 Å². The van der Waals surface area contributed by atoms with Gasteiger partial charge in [0.1, 0.15) is 0 Å². The number of nitrogens with one attached hydrogen (secondary N) is 1. The molecule has 3 rings (SSSR count). The maximum atomic E-state index is 13.0. The van der Waals surface area contributed by atoms with Gasteiger partial charge in [0.05, 0.1) is 17.8 Å². The van der Waals surface area contributed by atoms with Crippen molar-refractivity contribution in [3.05, 3.63) is 82.0 Å². The minimum absolute atomic E-state index is 0.274. The molecule has 2 aromatic carbocycles. The molecule has 0 amide bonds. The Morgan fingerprint density at radius 1 is 1.17 bits per heavy atom. The smallest absolute Gasteiger partial charge is 0.336 e. The largest absolute Gasteiger partial charge is 0.463 e. The lowest BCUT2D eigenvalue weighted by atomic mass is 9.70. The third kappa shape index (κ3) is 5.05. The van der Waals surface area contributed by atoms with Crippen LogP contribution in [0, 0.1) is 0 Å². The molecule has 0 saturated heterocycles. The summed E-state index contributed by atoms with van der Waals surface area (Å²) in [5.74, 6) is -0.590. The molecule has 0 radical (unpaired) electrons. The Morgan fingerprint density at radius 2 is 1.87 bits per heavy atom. The van der Waals surface area contributed by atoms with E-state index in [-0.39, 0.29) is 11.9 Å². The van der Waals surface area contributed by atoms with Gasteiger partial charge in [0.2, 0.25) is 0 Å². The van der Waals surface area contributed by atoms with E-state index in [4.69, 9.17) is 16.3 Å². The van der Waals surface area contributed by atoms with Crippen LogP contribution in [0.15, 0.2) is 65.9 Å². The minimum Gasteiger partial charge on any atom is -0.463 e. The van der Waals surface area contributed by atoms with Crippen molar-refractivity contribution in [2.75, 3.05) is 13.2 Å². The molecule has 5 heteroatoms. The Morgan fingerprint density at radius 3 is 2.50 bits per heavy atom. The van der Waals surface area contributed by atoms with Crippen molar-refractivity contribution in [1.29, 1.82) is 0 Å². The second-order valence-corrected chi connectivity index (χ2v) is 8.21. The van der Waals surface area contributed by atoms with E-state index in [1.807, 2.05) is 49.4 Å². The highest BCUT2D eigenvalue weighted by atomic mass is 35.5. The van der Waals surface area contributed by atoms with Crippen molar-refractivity contribution >= 4 is 17.6 Å². The monoisotopic (exact) mass is 427 g/mol. The standard InChI is InChI=1S/C25H30ClNO3/c1-3-5-15-27-22-17-25(29,19-11-13-20(26)14-12-19)16-21(18-9-7-6-8-10-18)23(22)24(28)30-4-2/h6-14,21,27,29H,3-5,15-17H2,1-2H3/t21-,25+/m1/s1. The maximum Gasteiger partial charge on any atom is 0.336 e. The van der Waals surface area contributed by atoms with E-state index < -0.39 is 5.60 Å². The fourth-order valence-corrected chi connectivity index (χ4v) is 4.23. The number of hydrogen-bond acceptors (Lipinski definition) is 4. The highest BCUT2D eigenvalue weighted by molar-refractivity contribution is 6.30. The number of rotatable bonds is 8.